The van der Waals surface area contributed by atoms with Crippen molar-refractivity contribution in [1.29, 1.82) is 0 Å². The molecule has 1 amide bonds. The van der Waals surface area contributed by atoms with Gasteiger partial charge in [-0.05, 0) is 24.3 Å². The Balaban J connectivity index is 1.71. The van der Waals surface area contributed by atoms with E-state index in [4.69, 9.17) is 4.52 Å². The molecule has 2 aromatic heterocycles. The van der Waals surface area contributed by atoms with Crippen molar-refractivity contribution >= 4 is 17.2 Å². The van der Waals surface area contributed by atoms with Crippen LogP contribution in [0, 0.1) is 0 Å². The highest BCUT2D eigenvalue weighted by atomic mass is 32.1. The topological polar surface area (TPSA) is 59.2 Å². The molecule has 1 aliphatic rings. The van der Waals surface area contributed by atoms with Crippen LogP contribution in [-0.2, 0) is 6.42 Å². The maximum Gasteiger partial charge on any atom is 0.263 e. The van der Waals surface area contributed by atoms with Crippen LogP contribution < -0.4 is 0 Å². The maximum absolute atomic E-state index is 12.4. The quantitative estimate of drug-likeness (QED) is 0.872. The van der Waals surface area contributed by atoms with Crippen molar-refractivity contribution < 1.29 is 9.32 Å². The lowest BCUT2D eigenvalue weighted by Crippen LogP contribution is -2.38. The number of hydrogen-bond donors (Lipinski definition) is 0. The van der Waals surface area contributed by atoms with E-state index < -0.39 is 0 Å². The van der Waals surface area contributed by atoms with Gasteiger partial charge in [-0.1, -0.05) is 18.1 Å². The third-order valence-corrected chi connectivity index (χ3v) is 4.45. The standard InChI is InChI=1S/C14H17N3O2S/c1-2-12-15-13(19-16-12)10-5-3-7-17(9-10)14(18)11-6-4-8-20-11/h4,6,8,10H,2-3,5,7,9H2,1H3/t10-/m0/s1. The summed E-state index contributed by atoms with van der Waals surface area (Å²) in [6.45, 7) is 3.48. The zero-order chi connectivity index (χ0) is 13.9. The van der Waals surface area contributed by atoms with Gasteiger partial charge in [0.25, 0.3) is 5.91 Å². The summed E-state index contributed by atoms with van der Waals surface area (Å²) in [5.74, 6) is 1.69. The molecule has 0 spiro atoms. The SMILES string of the molecule is CCc1noc([C@H]2CCCN(C(=O)c3cccs3)C2)n1. The van der Waals surface area contributed by atoms with Gasteiger partial charge in [-0.25, -0.2) is 0 Å². The van der Waals surface area contributed by atoms with Gasteiger partial charge in [-0.2, -0.15) is 4.98 Å². The number of piperidine rings is 1. The van der Waals surface area contributed by atoms with E-state index in [1.54, 1.807) is 0 Å². The lowest BCUT2D eigenvalue weighted by Gasteiger charge is -2.30. The fourth-order valence-electron chi connectivity index (χ4n) is 2.50. The van der Waals surface area contributed by atoms with Crippen LogP contribution in [0.25, 0.3) is 0 Å². The molecule has 0 radical (unpaired) electrons. The van der Waals surface area contributed by atoms with E-state index in [0.29, 0.717) is 12.4 Å². The van der Waals surface area contributed by atoms with Crippen molar-refractivity contribution in [3.63, 3.8) is 0 Å². The second kappa shape index (κ2) is 5.75. The van der Waals surface area contributed by atoms with Gasteiger partial charge in [0.1, 0.15) is 0 Å². The first kappa shape index (κ1) is 13.3. The zero-order valence-electron chi connectivity index (χ0n) is 11.4. The molecule has 106 valence electrons. The normalized spacial score (nSPS) is 19.2. The molecule has 0 aliphatic carbocycles. The number of aryl methyl sites for hydroxylation is 1. The van der Waals surface area contributed by atoms with Gasteiger partial charge in [0.15, 0.2) is 5.82 Å². The van der Waals surface area contributed by atoms with Crippen LogP contribution in [0.1, 0.15) is 47.1 Å². The summed E-state index contributed by atoms with van der Waals surface area (Å²) in [5.41, 5.74) is 0. The van der Waals surface area contributed by atoms with E-state index in [2.05, 4.69) is 10.1 Å². The smallest absolute Gasteiger partial charge is 0.263 e. The summed E-state index contributed by atoms with van der Waals surface area (Å²) in [6, 6.07) is 3.78. The highest BCUT2D eigenvalue weighted by Gasteiger charge is 2.29. The van der Waals surface area contributed by atoms with Crippen LogP contribution in [0.15, 0.2) is 22.0 Å². The van der Waals surface area contributed by atoms with E-state index in [1.807, 2.05) is 29.3 Å². The van der Waals surface area contributed by atoms with Crippen LogP contribution in [0.2, 0.25) is 0 Å². The third kappa shape index (κ3) is 2.60. The average molecular weight is 291 g/mol. The van der Waals surface area contributed by atoms with Gasteiger partial charge in [0.05, 0.1) is 10.8 Å². The number of carbonyl (C=O) groups excluding carboxylic acids is 1. The van der Waals surface area contributed by atoms with Crippen molar-refractivity contribution in [2.24, 2.45) is 0 Å². The highest BCUT2D eigenvalue weighted by molar-refractivity contribution is 7.12. The summed E-state index contributed by atoms with van der Waals surface area (Å²) in [5, 5.41) is 5.87. The van der Waals surface area contributed by atoms with Gasteiger partial charge in [-0.15, -0.1) is 11.3 Å². The molecule has 0 aromatic carbocycles. The van der Waals surface area contributed by atoms with Crippen LogP contribution >= 0.6 is 11.3 Å². The first-order valence-electron chi connectivity index (χ1n) is 6.93. The lowest BCUT2D eigenvalue weighted by atomic mass is 9.98. The summed E-state index contributed by atoms with van der Waals surface area (Å²) < 4.78 is 5.32. The molecule has 1 atom stereocenters. The van der Waals surface area contributed by atoms with Gasteiger partial charge in [-0.3, -0.25) is 4.79 Å². The second-order valence-electron chi connectivity index (χ2n) is 4.97. The Morgan fingerprint density at radius 3 is 3.20 bits per heavy atom. The number of carbonyl (C=O) groups is 1. The number of amides is 1. The number of aromatic nitrogens is 2. The van der Waals surface area contributed by atoms with Crippen molar-refractivity contribution in [2.75, 3.05) is 13.1 Å². The minimum absolute atomic E-state index is 0.111. The molecule has 5 nitrogen and oxygen atoms in total. The molecule has 1 fully saturated rings. The molecule has 3 heterocycles. The molecular weight excluding hydrogens is 274 g/mol. The molecule has 3 rings (SSSR count). The predicted molar refractivity (Wildman–Crippen MR) is 75.9 cm³/mol. The van der Waals surface area contributed by atoms with E-state index in [-0.39, 0.29) is 11.8 Å². The monoisotopic (exact) mass is 291 g/mol. The fraction of sp³-hybridized carbons (Fsp3) is 0.500. The largest absolute Gasteiger partial charge is 0.339 e. The number of likely N-dealkylation sites (tertiary alicyclic amines) is 1. The molecule has 20 heavy (non-hydrogen) atoms. The molecule has 0 N–H and O–H groups in total. The van der Waals surface area contributed by atoms with Crippen molar-refractivity contribution in [1.82, 2.24) is 15.0 Å². The maximum atomic E-state index is 12.4. The Hall–Kier alpha value is -1.69. The summed E-state index contributed by atoms with van der Waals surface area (Å²) in [6.07, 6.45) is 2.75. The minimum Gasteiger partial charge on any atom is -0.339 e. The van der Waals surface area contributed by atoms with Gasteiger partial charge in [0, 0.05) is 19.5 Å². The van der Waals surface area contributed by atoms with Crippen LogP contribution in [0.5, 0.6) is 0 Å². The van der Waals surface area contributed by atoms with E-state index >= 15 is 0 Å². The van der Waals surface area contributed by atoms with Crippen molar-refractivity contribution in [3.05, 3.63) is 34.1 Å². The van der Waals surface area contributed by atoms with Gasteiger partial charge in [0.2, 0.25) is 5.89 Å². The van der Waals surface area contributed by atoms with Crippen LogP contribution in [-0.4, -0.2) is 34.0 Å². The van der Waals surface area contributed by atoms with Crippen LogP contribution in [0.3, 0.4) is 0 Å². The molecule has 6 heteroatoms. The predicted octanol–water partition coefficient (Wildman–Crippen LogP) is 2.71. The Labute approximate surface area is 121 Å². The average Bonchev–Trinajstić information content (AvgIpc) is 3.17. The summed E-state index contributed by atoms with van der Waals surface area (Å²) >= 11 is 1.49. The molecule has 0 bridgehead atoms. The summed E-state index contributed by atoms with van der Waals surface area (Å²) in [4.78, 5) is 19.5. The Morgan fingerprint density at radius 1 is 1.60 bits per heavy atom. The van der Waals surface area contributed by atoms with Gasteiger partial charge < -0.3 is 9.42 Å². The fourth-order valence-corrected chi connectivity index (χ4v) is 3.19. The van der Waals surface area contributed by atoms with E-state index in [0.717, 1.165) is 36.5 Å². The molecule has 2 aromatic rings. The highest BCUT2D eigenvalue weighted by Crippen LogP contribution is 2.27. The Morgan fingerprint density at radius 2 is 2.50 bits per heavy atom. The third-order valence-electron chi connectivity index (χ3n) is 3.59. The number of rotatable bonds is 3. The first-order chi connectivity index (χ1) is 9.78. The lowest BCUT2D eigenvalue weighted by molar-refractivity contribution is 0.0700. The number of thiophene rings is 1. The number of hydrogen-bond acceptors (Lipinski definition) is 5. The Bertz CT molecular complexity index is 579. The molecule has 0 unspecified atom stereocenters. The first-order valence-corrected chi connectivity index (χ1v) is 7.81. The molecule has 1 saturated heterocycles. The minimum atomic E-state index is 0.111. The van der Waals surface area contributed by atoms with Gasteiger partial charge >= 0.3 is 0 Å². The molecule has 0 saturated carbocycles. The molecule has 1 aliphatic heterocycles. The summed E-state index contributed by atoms with van der Waals surface area (Å²) in [7, 11) is 0. The van der Waals surface area contributed by atoms with E-state index in [9.17, 15) is 4.79 Å². The number of nitrogens with zero attached hydrogens (tertiary/aromatic N) is 3. The van der Waals surface area contributed by atoms with E-state index in [1.165, 1.54) is 11.3 Å². The van der Waals surface area contributed by atoms with Crippen molar-refractivity contribution in [2.45, 2.75) is 32.1 Å². The second-order valence-corrected chi connectivity index (χ2v) is 5.92. The molecular formula is C14H17N3O2S. The van der Waals surface area contributed by atoms with Crippen LogP contribution in [0.4, 0.5) is 0 Å². The Kier molecular flexibility index (Phi) is 3.82. The zero-order valence-corrected chi connectivity index (χ0v) is 12.2. The van der Waals surface area contributed by atoms with Crippen molar-refractivity contribution in [3.8, 4) is 0 Å².